The van der Waals surface area contributed by atoms with Gasteiger partial charge in [0.05, 0.1) is 19.9 Å². The van der Waals surface area contributed by atoms with E-state index < -0.39 is 23.6 Å². The summed E-state index contributed by atoms with van der Waals surface area (Å²) in [6, 6.07) is 23.1. The number of anilines is 1. The molecule has 0 heterocycles. The summed E-state index contributed by atoms with van der Waals surface area (Å²) in [4.78, 5) is 36.1. The van der Waals surface area contributed by atoms with E-state index in [1.165, 1.54) is 62.8 Å². The first-order chi connectivity index (χ1) is 21.5. The van der Waals surface area contributed by atoms with Crippen LogP contribution in [0.2, 0.25) is 0 Å². The second-order valence-electron chi connectivity index (χ2n) is 8.75. The maximum Gasteiger partial charge on any atom is 0.330 e. The van der Waals surface area contributed by atoms with Crippen molar-refractivity contribution in [3.05, 3.63) is 140 Å². The molecule has 0 unspecified atom stereocenters. The highest BCUT2D eigenvalue weighted by Gasteiger charge is 2.00. The molecule has 0 saturated heterocycles. The number of nitrogens with zero attached hydrogens (tertiary/aromatic N) is 1. The average molecular weight is 758 g/mol. The van der Waals surface area contributed by atoms with Crippen molar-refractivity contribution in [1.82, 2.24) is 0 Å². The third-order valence-corrected chi connectivity index (χ3v) is 6.37. The highest BCUT2D eigenvalue weighted by atomic mass is 79.9. The normalized spacial score (nSPS) is 10.3. The van der Waals surface area contributed by atoms with E-state index in [4.69, 9.17) is 5.73 Å². The van der Waals surface area contributed by atoms with Crippen molar-refractivity contribution >= 4 is 79.8 Å². The van der Waals surface area contributed by atoms with Gasteiger partial charge in [-0.05, 0) is 89.5 Å². The molecular weight excluding hydrogens is 726 g/mol. The van der Waals surface area contributed by atoms with Gasteiger partial charge in [0, 0.05) is 38.6 Å². The van der Waals surface area contributed by atoms with Crippen LogP contribution in [0.1, 0.15) is 34.5 Å². The van der Waals surface area contributed by atoms with E-state index in [1.54, 1.807) is 30.5 Å². The minimum atomic E-state index is -0.496. The molecule has 0 aliphatic carbocycles. The lowest BCUT2D eigenvalue weighted by atomic mass is 10.2. The van der Waals surface area contributed by atoms with E-state index in [0.29, 0.717) is 28.1 Å². The van der Waals surface area contributed by atoms with E-state index in [-0.39, 0.29) is 7.43 Å². The predicted octanol–water partition coefficient (Wildman–Crippen LogP) is 9.02. The van der Waals surface area contributed by atoms with Crippen LogP contribution in [0.4, 0.5) is 20.2 Å². The maximum absolute atomic E-state index is 13.6. The van der Waals surface area contributed by atoms with Gasteiger partial charge in [-0.3, -0.25) is 9.79 Å². The first-order valence-electron chi connectivity index (χ1n) is 12.9. The number of methoxy groups -OCH3 is 2. The molecule has 0 amide bonds. The Morgan fingerprint density at radius 1 is 0.696 bits per heavy atom. The number of hydrogen-bond acceptors (Lipinski definition) is 7. The molecule has 0 spiro atoms. The van der Waals surface area contributed by atoms with Gasteiger partial charge in [0.25, 0.3) is 0 Å². The number of halogens is 4. The quantitative estimate of drug-likeness (QED) is 0.0663. The van der Waals surface area contributed by atoms with Gasteiger partial charge < -0.3 is 15.2 Å². The van der Waals surface area contributed by atoms with Crippen molar-refractivity contribution in [3.63, 3.8) is 0 Å². The van der Waals surface area contributed by atoms with Crippen LogP contribution in [0.25, 0.3) is 12.2 Å². The first-order valence-corrected chi connectivity index (χ1v) is 14.5. The Kier molecular flexibility index (Phi) is 18.0. The van der Waals surface area contributed by atoms with Gasteiger partial charge in [0.15, 0.2) is 0 Å². The smallest absolute Gasteiger partial charge is 0.330 e. The number of nitrogens with two attached hydrogens (primary N) is 1. The van der Waals surface area contributed by atoms with Crippen LogP contribution in [0.15, 0.2) is 111 Å². The molecule has 0 atom stereocenters. The zero-order valence-electron chi connectivity index (χ0n) is 24.1. The summed E-state index contributed by atoms with van der Waals surface area (Å²) < 4.78 is 37.2. The van der Waals surface area contributed by atoms with Gasteiger partial charge in [0.2, 0.25) is 0 Å². The van der Waals surface area contributed by atoms with E-state index in [1.807, 2.05) is 36.4 Å². The monoisotopic (exact) mass is 756 g/mol. The fourth-order valence-corrected chi connectivity index (χ4v) is 3.73. The van der Waals surface area contributed by atoms with Crippen LogP contribution in [-0.4, -0.2) is 38.7 Å². The zero-order valence-corrected chi connectivity index (χ0v) is 27.3. The number of nitrogen functional groups attached to an aromatic ring is 1. The lowest BCUT2D eigenvalue weighted by Crippen LogP contribution is -1.93. The molecule has 0 radical (unpaired) electrons. The van der Waals surface area contributed by atoms with Crippen molar-refractivity contribution < 1.29 is 32.6 Å². The Balaban J connectivity index is 0.000000377. The fourth-order valence-electron chi connectivity index (χ4n) is 3.20. The topological polar surface area (TPSA) is 108 Å². The van der Waals surface area contributed by atoms with Crippen LogP contribution in [0.3, 0.4) is 0 Å². The Bertz CT molecular complexity index is 1650. The van der Waals surface area contributed by atoms with E-state index in [0.717, 1.165) is 20.8 Å². The summed E-state index contributed by atoms with van der Waals surface area (Å²) in [6.07, 6.45) is 7.82. The molecule has 0 bridgehead atoms. The molecule has 0 aliphatic rings. The molecule has 0 aromatic heterocycles. The summed E-state index contributed by atoms with van der Waals surface area (Å²) >= 11 is 6.61. The van der Waals surface area contributed by atoms with Crippen molar-refractivity contribution in [1.29, 1.82) is 0 Å². The summed E-state index contributed by atoms with van der Waals surface area (Å²) in [7, 11) is 2.55. The van der Waals surface area contributed by atoms with Crippen molar-refractivity contribution in [2.75, 3.05) is 20.0 Å². The van der Waals surface area contributed by atoms with Crippen LogP contribution in [0, 0.1) is 11.6 Å². The zero-order chi connectivity index (χ0) is 33.2. The van der Waals surface area contributed by atoms with Gasteiger partial charge in [-0.25, -0.2) is 18.4 Å². The molecule has 0 saturated carbocycles. The van der Waals surface area contributed by atoms with Crippen molar-refractivity contribution in [3.8, 4) is 0 Å². The minimum absolute atomic E-state index is 0. The van der Waals surface area contributed by atoms with Gasteiger partial charge in [0.1, 0.15) is 17.9 Å². The summed E-state index contributed by atoms with van der Waals surface area (Å²) in [5, 5.41) is 0. The second kappa shape index (κ2) is 21.1. The summed E-state index contributed by atoms with van der Waals surface area (Å²) in [6.45, 7) is 0. The Morgan fingerprint density at radius 2 is 1.15 bits per heavy atom. The Morgan fingerprint density at radius 3 is 1.61 bits per heavy atom. The lowest BCUT2D eigenvalue weighted by molar-refractivity contribution is -0.135. The van der Waals surface area contributed by atoms with Crippen molar-refractivity contribution in [2.24, 2.45) is 4.99 Å². The molecule has 4 aromatic carbocycles. The number of ether oxygens (including phenoxy) is 2. The van der Waals surface area contributed by atoms with E-state index in [9.17, 15) is 23.2 Å². The highest BCUT2D eigenvalue weighted by Crippen LogP contribution is 2.19. The first kappa shape index (κ1) is 39.3. The van der Waals surface area contributed by atoms with Gasteiger partial charge in [-0.1, -0.05) is 63.6 Å². The van der Waals surface area contributed by atoms with Crippen molar-refractivity contribution in [2.45, 2.75) is 7.43 Å². The van der Waals surface area contributed by atoms with E-state index >= 15 is 0 Å². The SMILES string of the molecule is C.COC(=O)/C=C/c1cc(F)cc(N=Cc2ccc(Br)cc2)c1.COC(=O)/C=C/c1cc(N)cc(F)c1.O=Cc1ccc(Br)cc1. The molecular formula is C35H32Br2F2N2O5. The molecule has 7 nitrogen and oxygen atoms in total. The van der Waals surface area contributed by atoms with E-state index in [2.05, 4.69) is 46.3 Å². The number of hydrogen-bond donors (Lipinski definition) is 1. The van der Waals surface area contributed by atoms with Gasteiger partial charge in [-0.2, -0.15) is 0 Å². The Hall–Kier alpha value is -4.74. The van der Waals surface area contributed by atoms with Crippen LogP contribution in [0.5, 0.6) is 0 Å². The third-order valence-electron chi connectivity index (χ3n) is 5.31. The molecule has 2 N–H and O–H groups in total. The number of carbonyl (C=O) groups excluding carboxylic acids is 3. The van der Waals surface area contributed by atoms with Crippen LogP contribution >= 0.6 is 31.9 Å². The second-order valence-corrected chi connectivity index (χ2v) is 10.6. The van der Waals surface area contributed by atoms with Gasteiger partial charge in [-0.15, -0.1) is 0 Å². The number of esters is 2. The molecule has 240 valence electrons. The maximum atomic E-state index is 13.6. The van der Waals surface area contributed by atoms with Crippen LogP contribution < -0.4 is 5.73 Å². The number of rotatable bonds is 7. The molecule has 4 rings (SSSR count). The molecule has 0 fully saturated rings. The summed E-state index contributed by atoms with van der Waals surface area (Å²) in [5.41, 5.74) is 8.85. The number of carbonyl (C=O) groups is 3. The average Bonchev–Trinajstić information content (AvgIpc) is 3.02. The van der Waals surface area contributed by atoms with Gasteiger partial charge >= 0.3 is 11.9 Å². The fraction of sp³-hybridized carbons (Fsp3) is 0.0857. The number of aliphatic imine (C=N–C) groups is 1. The summed E-state index contributed by atoms with van der Waals surface area (Å²) in [5.74, 6) is -1.85. The molecule has 46 heavy (non-hydrogen) atoms. The molecule has 4 aromatic rings. The number of benzene rings is 4. The minimum Gasteiger partial charge on any atom is -0.466 e. The Labute approximate surface area is 283 Å². The highest BCUT2D eigenvalue weighted by molar-refractivity contribution is 9.10. The predicted molar refractivity (Wildman–Crippen MR) is 187 cm³/mol. The molecule has 11 heteroatoms. The standard InChI is InChI=1S/C17H13BrFNO2.C10H10FNO2.C7H5BrO.CH4/c1-22-17(21)7-4-13-8-15(19)10-16(9-13)20-11-12-2-5-14(18)6-3-12;1-14-10(13)3-2-7-4-8(11)6-9(12)5-7;8-7-3-1-6(5-9)2-4-7;/h2-11H,1H3;2-6H,12H2,1H3;1-5H;1H4/b7-4+,20-11?;3-2+;;. The number of aldehydes is 1. The lowest BCUT2D eigenvalue weighted by Gasteiger charge is -1.99. The molecule has 0 aliphatic heterocycles. The van der Waals surface area contributed by atoms with Crippen LogP contribution in [-0.2, 0) is 19.1 Å². The third kappa shape index (κ3) is 15.8. The largest absolute Gasteiger partial charge is 0.466 e.